The minimum absolute atomic E-state index is 0.336. The van der Waals surface area contributed by atoms with Gasteiger partial charge in [-0.15, -0.1) is 0 Å². The largest absolute Gasteiger partial charge is 0.497 e. The highest BCUT2D eigenvalue weighted by Gasteiger charge is 2.10. The predicted octanol–water partition coefficient (Wildman–Crippen LogP) is 3.90. The van der Waals surface area contributed by atoms with Crippen molar-refractivity contribution in [1.29, 1.82) is 0 Å². The number of nitrogens with zero attached hydrogens (tertiary/aromatic N) is 2. The molecule has 0 bridgehead atoms. The molecule has 1 amide bonds. The average molecular weight is 360 g/mol. The number of allylic oxidation sites excluding steroid dienone is 1. The van der Waals surface area contributed by atoms with Gasteiger partial charge in [-0.2, -0.15) is 10.2 Å². The second-order valence-corrected chi connectivity index (χ2v) is 5.89. The Labute approximate surface area is 157 Å². The van der Waals surface area contributed by atoms with Crippen LogP contribution in [0.25, 0.3) is 17.3 Å². The molecule has 0 aliphatic carbocycles. The van der Waals surface area contributed by atoms with E-state index in [9.17, 15) is 4.79 Å². The van der Waals surface area contributed by atoms with E-state index in [-0.39, 0.29) is 5.91 Å². The fourth-order valence-electron chi connectivity index (χ4n) is 2.45. The molecule has 0 fully saturated rings. The molecule has 1 heterocycles. The van der Waals surface area contributed by atoms with Crippen molar-refractivity contribution in [2.24, 2.45) is 5.10 Å². The highest BCUT2D eigenvalue weighted by atomic mass is 16.5. The molecular formula is C21H20N4O2. The molecule has 0 saturated heterocycles. The number of hydrogen-bond acceptors (Lipinski definition) is 4. The van der Waals surface area contributed by atoms with Crippen LogP contribution < -0.4 is 10.2 Å². The van der Waals surface area contributed by atoms with Gasteiger partial charge in [0.05, 0.1) is 19.0 Å². The highest BCUT2D eigenvalue weighted by Crippen LogP contribution is 2.21. The van der Waals surface area contributed by atoms with E-state index in [1.807, 2.05) is 67.6 Å². The Morgan fingerprint density at radius 1 is 1.15 bits per heavy atom. The molecule has 6 heteroatoms. The third kappa shape index (κ3) is 4.92. The summed E-state index contributed by atoms with van der Waals surface area (Å²) < 4.78 is 5.14. The molecule has 0 spiro atoms. The smallest absolute Gasteiger partial charge is 0.289 e. The Morgan fingerprint density at radius 3 is 2.59 bits per heavy atom. The number of carbonyl (C=O) groups excluding carboxylic acids is 1. The van der Waals surface area contributed by atoms with E-state index in [1.54, 1.807) is 19.4 Å². The third-order valence-electron chi connectivity index (χ3n) is 3.84. The lowest BCUT2D eigenvalue weighted by Gasteiger charge is -2.00. The number of aromatic amines is 1. The summed E-state index contributed by atoms with van der Waals surface area (Å²) in [5, 5.41) is 10.9. The van der Waals surface area contributed by atoms with Gasteiger partial charge in [-0.3, -0.25) is 9.89 Å². The van der Waals surface area contributed by atoms with Gasteiger partial charge in [0.1, 0.15) is 11.4 Å². The minimum Gasteiger partial charge on any atom is -0.497 e. The fraction of sp³-hybridized carbons (Fsp3) is 0.0952. The first-order valence-electron chi connectivity index (χ1n) is 8.42. The van der Waals surface area contributed by atoms with Crippen LogP contribution in [0.1, 0.15) is 23.0 Å². The van der Waals surface area contributed by atoms with Crippen molar-refractivity contribution >= 4 is 18.2 Å². The second-order valence-electron chi connectivity index (χ2n) is 5.89. The Morgan fingerprint density at radius 2 is 1.89 bits per heavy atom. The Balaban J connectivity index is 1.61. The van der Waals surface area contributed by atoms with Crippen molar-refractivity contribution in [3.63, 3.8) is 0 Å². The van der Waals surface area contributed by atoms with Crippen molar-refractivity contribution in [1.82, 2.24) is 15.6 Å². The number of carbonyl (C=O) groups is 1. The first-order chi connectivity index (χ1) is 13.2. The standard InChI is InChI=1S/C21H20N4O2/c1-15(12-16-6-4-3-5-7-16)14-22-25-21(26)20-13-19(23-24-20)17-8-10-18(27-2)11-9-17/h3-14H,1-2H3,(H,23,24)(H,25,26)/b15-12-,22-14-. The van der Waals surface area contributed by atoms with E-state index in [2.05, 4.69) is 20.7 Å². The molecule has 2 aromatic carbocycles. The molecule has 3 aromatic rings. The van der Waals surface area contributed by atoms with Crippen LogP contribution in [0.15, 0.2) is 71.3 Å². The summed E-state index contributed by atoms with van der Waals surface area (Å²) in [7, 11) is 1.61. The Kier molecular flexibility index (Phi) is 5.79. The van der Waals surface area contributed by atoms with Crippen LogP contribution in [-0.4, -0.2) is 29.4 Å². The third-order valence-corrected chi connectivity index (χ3v) is 3.84. The van der Waals surface area contributed by atoms with Crippen LogP contribution in [0.4, 0.5) is 0 Å². The summed E-state index contributed by atoms with van der Waals surface area (Å²) in [6.07, 6.45) is 3.58. The van der Waals surface area contributed by atoms with Gasteiger partial charge < -0.3 is 4.74 Å². The van der Waals surface area contributed by atoms with E-state index < -0.39 is 0 Å². The molecule has 0 radical (unpaired) electrons. The summed E-state index contributed by atoms with van der Waals surface area (Å²) in [5.74, 6) is 0.409. The molecule has 3 rings (SSSR count). The van der Waals surface area contributed by atoms with Crippen LogP contribution >= 0.6 is 0 Å². The zero-order valence-electron chi connectivity index (χ0n) is 15.1. The van der Waals surface area contributed by atoms with Gasteiger partial charge in [-0.1, -0.05) is 36.4 Å². The number of hydrogen-bond donors (Lipinski definition) is 2. The zero-order valence-corrected chi connectivity index (χ0v) is 15.1. The van der Waals surface area contributed by atoms with Crippen LogP contribution in [-0.2, 0) is 0 Å². The molecule has 136 valence electrons. The van der Waals surface area contributed by atoms with Gasteiger partial charge in [0.15, 0.2) is 0 Å². The van der Waals surface area contributed by atoms with Gasteiger partial charge >= 0.3 is 0 Å². The summed E-state index contributed by atoms with van der Waals surface area (Å²) in [6.45, 7) is 1.92. The molecule has 2 N–H and O–H groups in total. The quantitative estimate of drug-likeness (QED) is 0.517. The summed E-state index contributed by atoms with van der Waals surface area (Å²) in [5.41, 5.74) is 6.39. The second kappa shape index (κ2) is 8.62. The van der Waals surface area contributed by atoms with Gasteiger partial charge in [0.25, 0.3) is 5.91 Å². The number of H-pyrrole nitrogens is 1. The molecule has 0 aliphatic rings. The number of benzene rings is 2. The maximum Gasteiger partial charge on any atom is 0.289 e. The average Bonchev–Trinajstić information content (AvgIpc) is 3.19. The fourth-order valence-corrected chi connectivity index (χ4v) is 2.45. The lowest BCUT2D eigenvalue weighted by Crippen LogP contribution is -2.17. The SMILES string of the molecule is COc1ccc(-c2cc(C(=O)N/N=C\C(C)=C/c3ccccc3)[nH]n2)cc1. The van der Waals surface area contributed by atoms with E-state index in [1.165, 1.54) is 0 Å². The molecule has 27 heavy (non-hydrogen) atoms. The molecular weight excluding hydrogens is 340 g/mol. The number of aromatic nitrogens is 2. The van der Waals surface area contributed by atoms with Crippen molar-refractivity contribution in [2.75, 3.05) is 7.11 Å². The number of ether oxygens (including phenoxy) is 1. The highest BCUT2D eigenvalue weighted by molar-refractivity contribution is 5.94. The van der Waals surface area contributed by atoms with Crippen LogP contribution in [0.5, 0.6) is 5.75 Å². The van der Waals surface area contributed by atoms with Gasteiger partial charge in [0, 0.05) is 5.56 Å². The molecule has 0 saturated carbocycles. The van der Waals surface area contributed by atoms with Crippen molar-refractivity contribution in [3.05, 3.63) is 77.5 Å². The van der Waals surface area contributed by atoms with E-state index in [0.29, 0.717) is 11.4 Å². The summed E-state index contributed by atoms with van der Waals surface area (Å²) >= 11 is 0. The van der Waals surface area contributed by atoms with Crippen molar-refractivity contribution in [3.8, 4) is 17.0 Å². The normalized spacial score (nSPS) is 11.6. The molecule has 0 aliphatic heterocycles. The van der Waals surface area contributed by atoms with E-state index in [4.69, 9.17) is 4.74 Å². The first kappa shape index (κ1) is 18.1. The summed E-state index contributed by atoms with van der Waals surface area (Å²) in [4.78, 5) is 12.2. The molecule has 0 unspecified atom stereocenters. The van der Waals surface area contributed by atoms with Gasteiger partial charge in [-0.25, -0.2) is 5.43 Å². The lowest BCUT2D eigenvalue weighted by molar-refractivity contribution is 0.0950. The van der Waals surface area contributed by atoms with Crippen molar-refractivity contribution in [2.45, 2.75) is 6.92 Å². The van der Waals surface area contributed by atoms with Gasteiger partial charge in [-0.05, 0) is 48.4 Å². The number of amides is 1. The van der Waals surface area contributed by atoms with Crippen LogP contribution in [0.2, 0.25) is 0 Å². The van der Waals surface area contributed by atoms with Crippen molar-refractivity contribution < 1.29 is 9.53 Å². The monoisotopic (exact) mass is 360 g/mol. The Bertz CT molecular complexity index is 957. The summed E-state index contributed by atoms with van der Waals surface area (Å²) in [6, 6.07) is 19.0. The van der Waals surface area contributed by atoms with E-state index in [0.717, 1.165) is 22.4 Å². The first-order valence-corrected chi connectivity index (χ1v) is 8.42. The van der Waals surface area contributed by atoms with Crippen LogP contribution in [0.3, 0.4) is 0 Å². The minimum atomic E-state index is -0.356. The number of rotatable bonds is 6. The number of nitrogens with one attached hydrogen (secondary N) is 2. The maximum atomic E-state index is 12.2. The topological polar surface area (TPSA) is 79.4 Å². The maximum absolute atomic E-state index is 12.2. The van der Waals surface area contributed by atoms with Crippen LogP contribution in [0, 0.1) is 0 Å². The number of hydrazone groups is 1. The van der Waals surface area contributed by atoms with Gasteiger partial charge in [0.2, 0.25) is 0 Å². The zero-order chi connectivity index (χ0) is 19.1. The lowest BCUT2D eigenvalue weighted by atomic mass is 10.1. The van der Waals surface area contributed by atoms with E-state index >= 15 is 0 Å². The predicted molar refractivity (Wildman–Crippen MR) is 107 cm³/mol. The Hall–Kier alpha value is -3.67. The molecule has 6 nitrogen and oxygen atoms in total. The molecule has 1 aromatic heterocycles. The molecule has 0 atom stereocenters. The number of methoxy groups -OCH3 is 1.